The highest BCUT2D eigenvalue weighted by Crippen LogP contribution is 2.19. The number of nitrogens with zero attached hydrogens (tertiary/aromatic N) is 6. The minimum absolute atomic E-state index is 0.283. The molecule has 0 radical (unpaired) electrons. The molecule has 0 atom stereocenters. The zero-order valence-corrected chi connectivity index (χ0v) is 14.1. The van der Waals surface area contributed by atoms with Crippen LogP contribution in [0.2, 0.25) is 0 Å². The average Bonchev–Trinajstić information content (AvgIpc) is 2.71. The van der Waals surface area contributed by atoms with Gasteiger partial charge in [-0.1, -0.05) is 6.07 Å². The summed E-state index contributed by atoms with van der Waals surface area (Å²) in [5, 5.41) is 11.1. The Morgan fingerprint density at radius 1 is 0.885 bits per heavy atom. The van der Waals surface area contributed by atoms with Gasteiger partial charge in [-0.15, -0.1) is 5.10 Å². The van der Waals surface area contributed by atoms with E-state index in [2.05, 4.69) is 35.3 Å². The third-order valence-corrected chi connectivity index (χ3v) is 4.22. The molecule has 2 aromatic heterocycles. The molecule has 0 unspecified atom stereocenters. The summed E-state index contributed by atoms with van der Waals surface area (Å²) in [5.74, 6) is 1.87. The maximum Gasteiger partial charge on any atom is 0.249 e. The molecule has 0 bridgehead atoms. The summed E-state index contributed by atoms with van der Waals surface area (Å²) in [6, 6.07) is 12.0. The first-order valence-electron chi connectivity index (χ1n) is 8.41. The van der Waals surface area contributed by atoms with E-state index in [9.17, 15) is 4.39 Å². The van der Waals surface area contributed by atoms with E-state index in [0.717, 1.165) is 37.8 Å². The van der Waals surface area contributed by atoms with Crippen LogP contribution in [0.1, 0.15) is 0 Å². The Morgan fingerprint density at radius 2 is 1.62 bits per heavy atom. The van der Waals surface area contributed by atoms with E-state index in [1.807, 2.05) is 24.4 Å². The molecule has 1 fully saturated rings. The number of pyridine rings is 1. The van der Waals surface area contributed by atoms with Crippen molar-refractivity contribution < 1.29 is 4.39 Å². The quantitative estimate of drug-likeness (QED) is 0.774. The van der Waals surface area contributed by atoms with Crippen LogP contribution in [0.5, 0.6) is 0 Å². The number of hydrogen-bond donors (Lipinski definition) is 1. The second kappa shape index (κ2) is 7.30. The lowest BCUT2D eigenvalue weighted by Crippen LogP contribution is -2.47. The molecule has 3 heterocycles. The molecule has 4 rings (SSSR count). The molecule has 8 heteroatoms. The maximum atomic E-state index is 13.0. The van der Waals surface area contributed by atoms with Crippen LogP contribution in [0.25, 0.3) is 0 Å². The maximum absolute atomic E-state index is 13.0. The van der Waals surface area contributed by atoms with Crippen molar-refractivity contribution in [2.45, 2.75) is 0 Å². The van der Waals surface area contributed by atoms with Gasteiger partial charge in [0.1, 0.15) is 11.6 Å². The highest BCUT2D eigenvalue weighted by atomic mass is 19.1. The minimum Gasteiger partial charge on any atom is -0.353 e. The lowest BCUT2D eigenvalue weighted by atomic mass is 10.3. The van der Waals surface area contributed by atoms with Crippen molar-refractivity contribution in [2.24, 2.45) is 0 Å². The van der Waals surface area contributed by atoms with E-state index in [0.29, 0.717) is 11.6 Å². The standard InChI is InChI=1S/C18H18FN7/c19-14-4-6-15(7-5-14)22-18-23-17(13-21-24-18)26-11-9-25(10-12-26)16-3-1-2-8-20-16/h1-8,13H,9-12H2,(H,22,23,24). The van der Waals surface area contributed by atoms with Gasteiger partial charge in [-0.3, -0.25) is 0 Å². The highest BCUT2D eigenvalue weighted by Gasteiger charge is 2.19. The van der Waals surface area contributed by atoms with Crippen LogP contribution < -0.4 is 15.1 Å². The highest BCUT2D eigenvalue weighted by molar-refractivity contribution is 5.54. The fraction of sp³-hybridized carbons (Fsp3) is 0.222. The van der Waals surface area contributed by atoms with E-state index in [1.165, 1.54) is 12.1 Å². The second-order valence-electron chi connectivity index (χ2n) is 5.93. The number of piperazine rings is 1. The largest absolute Gasteiger partial charge is 0.353 e. The van der Waals surface area contributed by atoms with Gasteiger partial charge in [0, 0.05) is 38.1 Å². The van der Waals surface area contributed by atoms with Crippen molar-refractivity contribution in [3.8, 4) is 0 Å². The smallest absolute Gasteiger partial charge is 0.249 e. The molecule has 132 valence electrons. The molecule has 1 N–H and O–H groups in total. The van der Waals surface area contributed by atoms with Crippen LogP contribution >= 0.6 is 0 Å². The van der Waals surface area contributed by atoms with E-state index in [1.54, 1.807) is 18.3 Å². The van der Waals surface area contributed by atoms with Gasteiger partial charge in [0.05, 0.1) is 6.20 Å². The van der Waals surface area contributed by atoms with Gasteiger partial charge in [0.15, 0.2) is 5.82 Å². The molecule has 0 aliphatic carbocycles. The molecule has 0 saturated carbocycles. The van der Waals surface area contributed by atoms with Gasteiger partial charge in [-0.05, 0) is 36.4 Å². The van der Waals surface area contributed by atoms with Gasteiger partial charge in [0.2, 0.25) is 5.95 Å². The fourth-order valence-corrected chi connectivity index (χ4v) is 2.87. The second-order valence-corrected chi connectivity index (χ2v) is 5.93. The summed E-state index contributed by atoms with van der Waals surface area (Å²) >= 11 is 0. The minimum atomic E-state index is -0.283. The average molecular weight is 351 g/mol. The van der Waals surface area contributed by atoms with Gasteiger partial charge in [-0.2, -0.15) is 10.1 Å². The Morgan fingerprint density at radius 3 is 2.31 bits per heavy atom. The lowest BCUT2D eigenvalue weighted by Gasteiger charge is -2.35. The number of nitrogens with one attached hydrogen (secondary N) is 1. The number of benzene rings is 1. The van der Waals surface area contributed by atoms with Crippen LogP contribution in [-0.2, 0) is 0 Å². The first-order valence-corrected chi connectivity index (χ1v) is 8.41. The number of anilines is 4. The lowest BCUT2D eigenvalue weighted by molar-refractivity contribution is 0.628. The molecule has 0 spiro atoms. The molecule has 26 heavy (non-hydrogen) atoms. The van der Waals surface area contributed by atoms with Crippen molar-refractivity contribution in [1.29, 1.82) is 0 Å². The van der Waals surface area contributed by atoms with E-state index >= 15 is 0 Å². The Kier molecular flexibility index (Phi) is 4.55. The number of halogens is 1. The van der Waals surface area contributed by atoms with Crippen LogP contribution in [0.3, 0.4) is 0 Å². The normalized spacial score (nSPS) is 14.3. The molecule has 1 aliphatic heterocycles. The molecule has 3 aromatic rings. The van der Waals surface area contributed by atoms with Crippen molar-refractivity contribution in [1.82, 2.24) is 20.2 Å². The van der Waals surface area contributed by atoms with Gasteiger partial charge in [0.25, 0.3) is 0 Å². The third-order valence-electron chi connectivity index (χ3n) is 4.22. The monoisotopic (exact) mass is 351 g/mol. The van der Waals surface area contributed by atoms with Crippen LogP contribution in [0.4, 0.5) is 27.7 Å². The predicted octanol–water partition coefficient (Wildman–Crippen LogP) is 2.48. The zero-order chi connectivity index (χ0) is 17.8. The van der Waals surface area contributed by atoms with Crippen molar-refractivity contribution in [3.63, 3.8) is 0 Å². The Labute approximate surface area is 150 Å². The Balaban J connectivity index is 1.42. The fourth-order valence-electron chi connectivity index (χ4n) is 2.87. The molecule has 1 aliphatic rings. The van der Waals surface area contributed by atoms with Crippen LogP contribution in [0, 0.1) is 5.82 Å². The van der Waals surface area contributed by atoms with Crippen LogP contribution in [-0.4, -0.2) is 46.3 Å². The van der Waals surface area contributed by atoms with Crippen LogP contribution in [0.15, 0.2) is 54.9 Å². The molecule has 1 saturated heterocycles. The molecular weight excluding hydrogens is 333 g/mol. The summed E-state index contributed by atoms with van der Waals surface area (Å²) in [4.78, 5) is 13.3. The van der Waals surface area contributed by atoms with Crippen molar-refractivity contribution in [2.75, 3.05) is 41.3 Å². The van der Waals surface area contributed by atoms with Gasteiger partial charge >= 0.3 is 0 Å². The third kappa shape index (κ3) is 3.69. The van der Waals surface area contributed by atoms with E-state index < -0.39 is 0 Å². The molecule has 0 amide bonds. The zero-order valence-electron chi connectivity index (χ0n) is 14.1. The topological polar surface area (TPSA) is 70.1 Å². The first-order chi connectivity index (χ1) is 12.8. The number of aromatic nitrogens is 4. The van der Waals surface area contributed by atoms with Crippen molar-refractivity contribution >= 4 is 23.3 Å². The predicted molar refractivity (Wildman–Crippen MR) is 98.2 cm³/mol. The molecule has 1 aromatic carbocycles. The number of rotatable bonds is 4. The van der Waals surface area contributed by atoms with Gasteiger partial charge < -0.3 is 15.1 Å². The molecule has 7 nitrogen and oxygen atoms in total. The van der Waals surface area contributed by atoms with Crippen molar-refractivity contribution in [3.05, 3.63) is 60.7 Å². The Bertz CT molecular complexity index is 849. The summed E-state index contributed by atoms with van der Waals surface area (Å²) in [6.07, 6.45) is 3.47. The van der Waals surface area contributed by atoms with E-state index in [4.69, 9.17) is 0 Å². The molecular formula is C18H18FN7. The summed E-state index contributed by atoms with van der Waals surface area (Å²) in [5.41, 5.74) is 0.713. The SMILES string of the molecule is Fc1ccc(Nc2nncc(N3CCN(c4ccccn4)CC3)n2)cc1. The van der Waals surface area contributed by atoms with Gasteiger partial charge in [-0.25, -0.2) is 9.37 Å². The van der Waals surface area contributed by atoms with E-state index in [-0.39, 0.29) is 5.82 Å². The first kappa shape index (κ1) is 16.2. The summed E-state index contributed by atoms with van der Waals surface area (Å²) in [7, 11) is 0. The Hall–Kier alpha value is -3.29. The number of hydrogen-bond acceptors (Lipinski definition) is 7. The summed E-state index contributed by atoms with van der Waals surface area (Å²) < 4.78 is 13.0. The summed E-state index contributed by atoms with van der Waals surface area (Å²) in [6.45, 7) is 3.37.